The van der Waals surface area contributed by atoms with Crippen molar-refractivity contribution >= 4 is 23.5 Å². The minimum absolute atomic E-state index is 0.222. The second-order valence-electron chi connectivity index (χ2n) is 4.70. The molecule has 7 heteroatoms. The zero-order valence-electron chi connectivity index (χ0n) is 12.4. The summed E-state index contributed by atoms with van der Waals surface area (Å²) in [7, 11) is 2.93. The average molecular weight is 323 g/mol. The molecule has 0 bridgehead atoms. The van der Waals surface area contributed by atoms with Crippen LogP contribution in [0.2, 0.25) is 5.15 Å². The molecule has 2 aromatic heterocycles. The van der Waals surface area contributed by atoms with Crippen LogP contribution in [0.5, 0.6) is 0 Å². The normalized spacial score (nSPS) is 10.4. The van der Waals surface area contributed by atoms with E-state index in [-0.39, 0.29) is 12.5 Å². The quantitative estimate of drug-likeness (QED) is 0.639. The molecule has 0 fully saturated rings. The van der Waals surface area contributed by atoms with Crippen molar-refractivity contribution in [2.45, 2.75) is 13.5 Å². The van der Waals surface area contributed by atoms with Crippen LogP contribution in [-0.4, -0.2) is 35.9 Å². The van der Waals surface area contributed by atoms with Gasteiger partial charge in [0, 0.05) is 13.2 Å². The minimum atomic E-state index is -0.469. The van der Waals surface area contributed by atoms with Crippen molar-refractivity contribution < 1.29 is 18.7 Å². The molecular weight excluding hydrogens is 308 g/mol. The first-order valence-corrected chi connectivity index (χ1v) is 6.84. The number of aromatic nitrogens is 1. The molecule has 0 aromatic carbocycles. The second-order valence-corrected chi connectivity index (χ2v) is 5.09. The summed E-state index contributed by atoms with van der Waals surface area (Å²) in [6.45, 7) is 1.89. The number of amides is 1. The number of furan rings is 1. The van der Waals surface area contributed by atoms with Crippen LogP contribution in [0, 0.1) is 6.92 Å². The largest absolute Gasteiger partial charge is 0.465 e. The van der Waals surface area contributed by atoms with E-state index in [1.165, 1.54) is 18.2 Å². The lowest BCUT2D eigenvalue weighted by Crippen LogP contribution is -2.26. The summed E-state index contributed by atoms with van der Waals surface area (Å²) < 4.78 is 10.1. The number of carbonyl (C=O) groups is 2. The fourth-order valence-corrected chi connectivity index (χ4v) is 2.07. The van der Waals surface area contributed by atoms with Crippen LogP contribution in [0.25, 0.3) is 0 Å². The summed E-state index contributed by atoms with van der Waals surface area (Å²) in [5, 5.41) is 0.323. The molecule has 0 aliphatic rings. The van der Waals surface area contributed by atoms with Crippen LogP contribution in [0.1, 0.15) is 32.2 Å². The van der Waals surface area contributed by atoms with Gasteiger partial charge in [-0.3, -0.25) is 4.79 Å². The smallest absolute Gasteiger partial charge is 0.341 e. The Morgan fingerprint density at radius 2 is 2.14 bits per heavy atom. The number of hydrogen-bond acceptors (Lipinski definition) is 5. The highest BCUT2D eigenvalue weighted by atomic mass is 35.5. The lowest BCUT2D eigenvalue weighted by molar-refractivity contribution is 0.0598. The Hall–Kier alpha value is -2.34. The van der Waals surface area contributed by atoms with E-state index in [1.807, 2.05) is 0 Å². The van der Waals surface area contributed by atoms with Gasteiger partial charge in [-0.25, -0.2) is 9.78 Å². The number of hydrogen-bond donors (Lipinski definition) is 0. The number of carbonyl (C=O) groups excluding carboxylic acids is 2. The van der Waals surface area contributed by atoms with Crippen LogP contribution in [0.3, 0.4) is 0 Å². The van der Waals surface area contributed by atoms with Crippen LogP contribution in [-0.2, 0) is 11.3 Å². The van der Waals surface area contributed by atoms with E-state index in [9.17, 15) is 9.59 Å². The third kappa shape index (κ3) is 3.46. The molecule has 0 saturated carbocycles. The molecule has 1 amide bonds. The van der Waals surface area contributed by atoms with Crippen LogP contribution in [0.4, 0.5) is 0 Å². The molecule has 0 aliphatic carbocycles. The van der Waals surface area contributed by atoms with Crippen LogP contribution in [0.15, 0.2) is 28.8 Å². The van der Waals surface area contributed by atoms with E-state index in [0.29, 0.717) is 27.8 Å². The zero-order valence-corrected chi connectivity index (χ0v) is 13.2. The molecule has 2 rings (SSSR count). The fraction of sp³-hybridized carbons (Fsp3) is 0.267. The Labute approximate surface area is 132 Å². The lowest BCUT2D eigenvalue weighted by Gasteiger charge is -2.15. The van der Waals surface area contributed by atoms with Gasteiger partial charge in [-0.15, -0.1) is 0 Å². The van der Waals surface area contributed by atoms with E-state index in [1.54, 1.807) is 32.2 Å². The van der Waals surface area contributed by atoms with Crippen molar-refractivity contribution in [1.29, 1.82) is 0 Å². The maximum absolute atomic E-state index is 12.3. The summed E-state index contributed by atoms with van der Waals surface area (Å²) in [6, 6.07) is 4.72. The monoisotopic (exact) mass is 322 g/mol. The number of rotatable bonds is 4. The molecule has 0 spiro atoms. The molecule has 0 radical (unpaired) electrons. The van der Waals surface area contributed by atoms with Gasteiger partial charge in [0.1, 0.15) is 22.2 Å². The van der Waals surface area contributed by atoms with E-state index in [0.717, 1.165) is 0 Å². The third-order valence-electron chi connectivity index (χ3n) is 3.09. The zero-order chi connectivity index (χ0) is 16.3. The van der Waals surface area contributed by atoms with Gasteiger partial charge in [-0.05, 0) is 25.1 Å². The maximum Gasteiger partial charge on any atom is 0.341 e. The SMILES string of the molecule is COC(=O)c1cc(CN(C)C(=O)c2ccc(Cl)nc2)oc1C. The fourth-order valence-electron chi connectivity index (χ4n) is 1.96. The van der Waals surface area contributed by atoms with Gasteiger partial charge in [0.25, 0.3) is 5.91 Å². The van der Waals surface area contributed by atoms with Gasteiger partial charge in [-0.2, -0.15) is 0 Å². The van der Waals surface area contributed by atoms with Gasteiger partial charge in [0.2, 0.25) is 0 Å². The summed E-state index contributed by atoms with van der Waals surface area (Å²) in [5.41, 5.74) is 0.773. The number of nitrogens with zero attached hydrogens (tertiary/aromatic N) is 2. The minimum Gasteiger partial charge on any atom is -0.465 e. The number of halogens is 1. The summed E-state index contributed by atoms with van der Waals surface area (Å²) >= 11 is 5.69. The molecule has 0 aliphatic heterocycles. The van der Waals surface area contributed by atoms with Gasteiger partial charge < -0.3 is 14.1 Å². The molecule has 116 valence electrons. The lowest BCUT2D eigenvalue weighted by atomic mass is 10.2. The van der Waals surface area contributed by atoms with Gasteiger partial charge in [-0.1, -0.05) is 11.6 Å². The Kier molecular flexibility index (Phi) is 4.82. The average Bonchev–Trinajstić information content (AvgIpc) is 2.87. The van der Waals surface area contributed by atoms with Crippen molar-refractivity contribution in [3.63, 3.8) is 0 Å². The number of aryl methyl sites for hydroxylation is 1. The third-order valence-corrected chi connectivity index (χ3v) is 3.31. The molecule has 0 N–H and O–H groups in total. The van der Waals surface area contributed by atoms with Crippen LogP contribution >= 0.6 is 11.6 Å². The molecule has 0 saturated heterocycles. The van der Waals surface area contributed by atoms with Gasteiger partial charge >= 0.3 is 5.97 Å². The predicted molar refractivity (Wildman–Crippen MR) is 79.8 cm³/mol. The molecule has 2 heterocycles. The van der Waals surface area contributed by atoms with Gasteiger partial charge in [0.15, 0.2) is 0 Å². The van der Waals surface area contributed by atoms with E-state index < -0.39 is 5.97 Å². The second kappa shape index (κ2) is 6.62. The Morgan fingerprint density at radius 3 is 2.73 bits per heavy atom. The van der Waals surface area contributed by atoms with Crippen molar-refractivity contribution in [1.82, 2.24) is 9.88 Å². The molecular formula is C15H15ClN2O4. The van der Waals surface area contributed by atoms with Gasteiger partial charge in [0.05, 0.1) is 19.2 Å². The summed E-state index contributed by atoms with van der Waals surface area (Å²) in [5.74, 6) is 0.257. The van der Waals surface area contributed by atoms with E-state index in [2.05, 4.69) is 9.72 Å². The standard InChI is InChI=1S/C15H15ClN2O4/c1-9-12(15(20)21-3)6-11(22-9)8-18(2)14(19)10-4-5-13(16)17-7-10/h4-7H,8H2,1-3H3. The van der Waals surface area contributed by atoms with E-state index >= 15 is 0 Å². The number of pyridine rings is 1. The first-order valence-electron chi connectivity index (χ1n) is 6.47. The van der Waals surface area contributed by atoms with E-state index in [4.69, 9.17) is 16.0 Å². The molecule has 2 aromatic rings. The first-order chi connectivity index (χ1) is 10.4. The highest BCUT2D eigenvalue weighted by Crippen LogP contribution is 2.18. The van der Waals surface area contributed by atoms with Crippen LogP contribution < -0.4 is 0 Å². The Bertz CT molecular complexity index is 694. The molecule has 22 heavy (non-hydrogen) atoms. The predicted octanol–water partition coefficient (Wildman–Crippen LogP) is 2.70. The number of esters is 1. The summed E-state index contributed by atoms with van der Waals surface area (Å²) in [6.07, 6.45) is 1.41. The summed E-state index contributed by atoms with van der Waals surface area (Å²) in [4.78, 5) is 29.1. The number of ether oxygens (including phenoxy) is 1. The first kappa shape index (κ1) is 16.0. The molecule has 0 unspecified atom stereocenters. The maximum atomic E-state index is 12.3. The van der Waals surface area contributed by atoms with Crippen molar-refractivity contribution in [3.05, 3.63) is 52.2 Å². The highest BCUT2D eigenvalue weighted by Gasteiger charge is 2.18. The topological polar surface area (TPSA) is 72.6 Å². The van der Waals surface area contributed by atoms with Crippen molar-refractivity contribution in [3.8, 4) is 0 Å². The molecule has 0 atom stereocenters. The molecule has 6 nitrogen and oxygen atoms in total. The van der Waals surface area contributed by atoms with Crippen molar-refractivity contribution in [2.24, 2.45) is 0 Å². The highest BCUT2D eigenvalue weighted by molar-refractivity contribution is 6.29. The Morgan fingerprint density at radius 1 is 1.41 bits per heavy atom. The Balaban J connectivity index is 2.11. The number of methoxy groups -OCH3 is 1. The van der Waals surface area contributed by atoms with Crippen molar-refractivity contribution in [2.75, 3.05) is 14.2 Å².